The van der Waals surface area contributed by atoms with Crippen LogP contribution in [0.15, 0.2) is 52.6 Å². The molecule has 1 aromatic carbocycles. The van der Waals surface area contributed by atoms with Crippen molar-refractivity contribution in [2.24, 2.45) is 0 Å². The van der Waals surface area contributed by atoms with E-state index >= 15 is 0 Å². The summed E-state index contributed by atoms with van der Waals surface area (Å²) >= 11 is 0. The second-order valence-corrected chi connectivity index (χ2v) is 14.3. The van der Waals surface area contributed by atoms with Crippen LogP contribution in [0.25, 0.3) is 22.5 Å². The molecule has 1 fully saturated rings. The topological polar surface area (TPSA) is 218 Å². The van der Waals surface area contributed by atoms with Gasteiger partial charge in [-0.25, -0.2) is 31.3 Å². The Morgan fingerprint density at radius 1 is 0.977 bits per heavy atom. The number of aromatic nitrogens is 5. The minimum absolute atomic E-state index is 0.0139. The van der Waals surface area contributed by atoms with Gasteiger partial charge in [0.2, 0.25) is 0 Å². The van der Waals surface area contributed by atoms with Crippen LogP contribution in [-0.2, 0) is 29.1 Å². The molecule has 0 saturated heterocycles. The van der Waals surface area contributed by atoms with Crippen LogP contribution in [0.4, 0.5) is 10.6 Å². The third-order valence-corrected chi connectivity index (χ3v) is 9.45. The van der Waals surface area contributed by atoms with E-state index in [1.165, 1.54) is 16.6 Å². The minimum Gasteiger partial charge on any atom is -0.450 e. The van der Waals surface area contributed by atoms with Gasteiger partial charge >= 0.3 is 6.16 Å². The predicted molar refractivity (Wildman–Crippen MR) is 160 cm³/mol. The normalized spacial score (nSPS) is 17.2. The molecule has 0 bridgehead atoms. The summed E-state index contributed by atoms with van der Waals surface area (Å²) in [5, 5.41) is 22.7. The Morgan fingerprint density at radius 3 is 2.18 bits per heavy atom. The number of benzene rings is 1. The highest BCUT2D eigenvalue weighted by Gasteiger charge is 2.32. The van der Waals surface area contributed by atoms with E-state index in [2.05, 4.69) is 10.2 Å². The van der Waals surface area contributed by atoms with Gasteiger partial charge in [-0.1, -0.05) is 0 Å². The van der Waals surface area contributed by atoms with E-state index in [-0.39, 0.29) is 27.6 Å². The van der Waals surface area contributed by atoms with Crippen LogP contribution in [0, 0.1) is 0 Å². The third kappa shape index (κ3) is 7.53. The van der Waals surface area contributed by atoms with Gasteiger partial charge < -0.3 is 25.4 Å². The van der Waals surface area contributed by atoms with Crippen LogP contribution in [0.5, 0.6) is 0 Å². The highest BCUT2D eigenvalue weighted by atomic mass is 32.2. The van der Waals surface area contributed by atoms with Crippen molar-refractivity contribution in [3.63, 3.8) is 0 Å². The number of carboxylic acid groups (broad SMARTS) is 2. The Balaban J connectivity index is 0.00000104. The quantitative estimate of drug-likeness (QED) is 0.222. The van der Waals surface area contributed by atoms with Gasteiger partial charge in [0.15, 0.2) is 25.3 Å². The number of sulfone groups is 2. The highest BCUT2D eigenvalue weighted by Crippen LogP contribution is 2.39. The van der Waals surface area contributed by atoms with Gasteiger partial charge in [-0.2, -0.15) is 14.7 Å². The van der Waals surface area contributed by atoms with Gasteiger partial charge in [-0.3, -0.25) is 0 Å². The first kappa shape index (κ1) is 32.8. The standard InChI is InChI=1S/C26H32N6O6S2.CH2O3/c1-37-12-13-38-20-8-4-17(5-9-20)23-24(40(3,35)36)25(27)32-26(30-23)22(15-29-32)18-14-28-31(16-18)19-6-10-21(11-7-19)39(2,33)34;2-1(3)4/h6-7,10-11,14-17,20H,4-5,8-9,12-13,27H2,1-3H3;(H2,2,3,4). The molecule has 0 aliphatic heterocycles. The van der Waals surface area contributed by atoms with Crippen LogP contribution in [0.3, 0.4) is 0 Å². The molecule has 0 unspecified atom stereocenters. The fourth-order valence-electron chi connectivity index (χ4n) is 5.13. The summed E-state index contributed by atoms with van der Waals surface area (Å²) < 4.78 is 63.2. The third-order valence-electron chi connectivity index (χ3n) is 7.16. The molecular weight excluding hydrogens is 616 g/mol. The first-order valence-corrected chi connectivity index (χ1v) is 17.2. The summed E-state index contributed by atoms with van der Waals surface area (Å²) in [7, 11) is -5.37. The van der Waals surface area contributed by atoms with Crippen LogP contribution in [-0.4, -0.2) is 96.5 Å². The van der Waals surface area contributed by atoms with Gasteiger partial charge in [0.05, 0.1) is 48.0 Å². The lowest BCUT2D eigenvalue weighted by molar-refractivity contribution is -0.00308. The summed E-state index contributed by atoms with van der Waals surface area (Å²) in [4.78, 5) is 13.6. The Hall–Kier alpha value is -4.06. The van der Waals surface area contributed by atoms with Crippen molar-refractivity contribution in [1.29, 1.82) is 0 Å². The molecule has 4 aromatic rings. The van der Waals surface area contributed by atoms with Crippen molar-refractivity contribution in [2.75, 3.05) is 38.6 Å². The lowest BCUT2D eigenvalue weighted by Gasteiger charge is -2.29. The highest BCUT2D eigenvalue weighted by molar-refractivity contribution is 7.91. The van der Waals surface area contributed by atoms with E-state index in [9.17, 15) is 16.8 Å². The van der Waals surface area contributed by atoms with E-state index in [1.54, 1.807) is 42.5 Å². The van der Waals surface area contributed by atoms with E-state index in [4.69, 9.17) is 35.2 Å². The molecule has 44 heavy (non-hydrogen) atoms. The molecule has 3 heterocycles. The molecule has 5 rings (SSSR count). The number of nitrogen functional groups attached to an aromatic ring is 1. The maximum atomic E-state index is 12.9. The van der Waals surface area contributed by atoms with E-state index in [1.807, 2.05) is 0 Å². The van der Waals surface area contributed by atoms with Crippen molar-refractivity contribution in [3.8, 4) is 16.8 Å². The van der Waals surface area contributed by atoms with Crippen molar-refractivity contribution in [2.45, 2.75) is 47.5 Å². The Morgan fingerprint density at radius 2 is 1.61 bits per heavy atom. The molecule has 0 amide bonds. The Bertz CT molecular complexity index is 1840. The van der Waals surface area contributed by atoms with Crippen LogP contribution >= 0.6 is 0 Å². The fourth-order valence-corrected chi connectivity index (χ4v) is 6.82. The van der Waals surface area contributed by atoms with Gasteiger partial charge in [-0.15, -0.1) is 0 Å². The minimum atomic E-state index is -3.69. The number of carbonyl (C=O) groups is 1. The molecular formula is C27H34N6O9S2. The first-order valence-electron chi connectivity index (χ1n) is 13.5. The smallest absolute Gasteiger partial charge is 0.450 e. The van der Waals surface area contributed by atoms with Crippen molar-refractivity contribution >= 4 is 37.3 Å². The molecule has 238 valence electrons. The SMILES string of the molecule is COCCOC1CCC(c2nc3c(-c4cnn(-c5ccc(S(C)(=O)=O)cc5)c4)cnn3c(N)c2S(C)(=O)=O)CC1.O=C(O)O. The number of ether oxygens (including phenoxy) is 2. The molecule has 0 radical (unpaired) electrons. The van der Waals surface area contributed by atoms with Crippen LogP contribution in [0.2, 0.25) is 0 Å². The number of fused-ring (bicyclic) bond motifs is 1. The van der Waals surface area contributed by atoms with Gasteiger partial charge in [0.25, 0.3) is 0 Å². The monoisotopic (exact) mass is 650 g/mol. The zero-order chi connectivity index (χ0) is 32.2. The zero-order valence-corrected chi connectivity index (χ0v) is 26.0. The van der Waals surface area contributed by atoms with Gasteiger partial charge in [-0.05, 0) is 49.9 Å². The molecule has 3 aromatic heterocycles. The van der Waals surface area contributed by atoms with Crippen molar-refractivity contribution in [3.05, 3.63) is 48.5 Å². The largest absolute Gasteiger partial charge is 0.503 e. The Labute approximate surface area is 254 Å². The molecule has 15 nitrogen and oxygen atoms in total. The summed E-state index contributed by atoms with van der Waals surface area (Å²) in [5.41, 5.74) is 9.33. The number of nitrogens with zero attached hydrogens (tertiary/aromatic N) is 5. The van der Waals surface area contributed by atoms with Crippen LogP contribution < -0.4 is 5.73 Å². The molecule has 1 aliphatic carbocycles. The number of nitrogens with two attached hydrogens (primary N) is 1. The molecule has 17 heteroatoms. The van der Waals surface area contributed by atoms with Crippen LogP contribution in [0.1, 0.15) is 37.3 Å². The van der Waals surface area contributed by atoms with E-state index in [0.717, 1.165) is 25.4 Å². The van der Waals surface area contributed by atoms with E-state index < -0.39 is 25.8 Å². The van der Waals surface area contributed by atoms with Gasteiger partial charge in [0.1, 0.15) is 10.7 Å². The molecule has 0 atom stereocenters. The predicted octanol–water partition coefficient (Wildman–Crippen LogP) is 2.88. The average molecular weight is 651 g/mol. The Kier molecular flexibility index (Phi) is 9.92. The molecule has 4 N–H and O–H groups in total. The number of methoxy groups -OCH3 is 1. The maximum absolute atomic E-state index is 12.9. The van der Waals surface area contributed by atoms with Crippen molar-refractivity contribution < 1.29 is 41.3 Å². The number of hydrogen-bond acceptors (Lipinski definition) is 11. The lowest BCUT2D eigenvalue weighted by Crippen LogP contribution is -2.24. The maximum Gasteiger partial charge on any atom is 0.503 e. The molecule has 0 spiro atoms. The second kappa shape index (κ2) is 13.3. The average Bonchev–Trinajstić information content (AvgIpc) is 3.60. The van der Waals surface area contributed by atoms with E-state index in [0.29, 0.717) is 54.2 Å². The van der Waals surface area contributed by atoms with Crippen molar-refractivity contribution in [1.82, 2.24) is 24.4 Å². The summed E-state index contributed by atoms with van der Waals surface area (Å²) in [5.74, 6) is -0.0749. The number of hydrogen-bond donors (Lipinski definition) is 3. The summed E-state index contributed by atoms with van der Waals surface area (Å²) in [6.45, 7) is 1.05. The molecule has 1 aliphatic rings. The second-order valence-electron chi connectivity index (χ2n) is 10.3. The fraction of sp³-hybridized carbons (Fsp3) is 0.407. The van der Waals surface area contributed by atoms with Gasteiger partial charge in [0, 0.05) is 42.9 Å². The summed E-state index contributed by atoms with van der Waals surface area (Å²) in [6.07, 6.45) is 8.55. The zero-order valence-electron chi connectivity index (χ0n) is 24.3. The number of rotatable bonds is 9. The molecule has 1 saturated carbocycles. The lowest BCUT2D eigenvalue weighted by atomic mass is 9.85. The first-order chi connectivity index (χ1) is 20.7. The number of anilines is 1. The summed E-state index contributed by atoms with van der Waals surface area (Å²) in [6, 6.07) is 6.40.